The standard InChI is InChI=1S/C26H38N2O2S/c1-4-5-6-7-11-16-25(29)27(18-22(2)3)21-26(30)28(20-24-15-12-17-31-24)19-23-13-9-8-10-14-23/h8-10,12-15,17,22H,4-7,11,16,18-21H2,1-3H3. The third-order valence-corrected chi connectivity index (χ3v) is 6.12. The highest BCUT2D eigenvalue weighted by molar-refractivity contribution is 7.09. The van der Waals surface area contributed by atoms with Gasteiger partial charge in [-0.15, -0.1) is 11.3 Å². The SMILES string of the molecule is CCCCCCCC(=O)N(CC(=O)N(Cc1ccccc1)Cc1cccs1)CC(C)C. The molecule has 0 saturated carbocycles. The van der Waals surface area contributed by atoms with Crippen LogP contribution in [0, 0.1) is 5.92 Å². The van der Waals surface area contributed by atoms with Crippen LogP contribution in [-0.4, -0.2) is 34.7 Å². The molecule has 0 fully saturated rings. The van der Waals surface area contributed by atoms with Crippen molar-refractivity contribution in [1.29, 1.82) is 0 Å². The second-order valence-electron chi connectivity index (χ2n) is 8.65. The molecular weight excluding hydrogens is 404 g/mol. The van der Waals surface area contributed by atoms with Crippen LogP contribution in [0.25, 0.3) is 0 Å². The van der Waals surface area contributed by atoms with Gasteiger partial charge < -0.3 is 9.80 Å². The Kier molecular flexibility index (Phi) is 11.4. The second-order valence-corrected chi connectivity index (χ2v) is 9.68. The maximum Gasteiger partial charge on any atom is 0.242 e. The molecule has 2 amide bonds. The lowest BCUT2D eigenvalue weighted by molar-refractivity contribution is -0.141. The van der Waals surface area contributed by atoms with Gasteiger partial charge >= 0.3 is 0 Å². The van der Waals surface area contributed by atoms with E-state index in [4.69, 9.17) is 0 Å². The number of amides is 2. The largest absolute Gasteiger partial charge is 0.333 e. The van der Waals surface area contributed by atoms with Crippen molar-refractivity contribution < 1.29 is 9.59 Å². The molecule has 5 heteroatoms. The van der Waals surface area contributed by atoms with E-state index in [9.17, 15) is 9.59 Å². The van der Waals surface area contributed by atoms with Crippen LogP contribution in [0.5, 0.6) is 0 Å². The zero-order valence-electron chi connectivity index (χ0n) is 19.4. The number of carbonyl (C=O) groups is 2. The first-order valence-corrected chi connectivity index (χ1v) is 12.5. The van der Waals surface area contributed by atoms with Gasteiger partial charge in [0.1, 0.15) is 0 Å². The molecule has 0 spiro atoms. The number of rotatable bonds is 14. The maximum absolute atomic E-state index is 13.3. The monoisotopic (exact) mass is 442 g/mol. The molecule has 1 aromatic heterocycles. The van der Waals surface area contributed by atoms with E-state index in [0.29, 0.717) is 32.0 Å². The minimum Gasteiger partial charge on any atom is -0.333 e. The Bertz CT molecular complexity index is 759. The third kappa shape index (κ3) is 9.69. The van der Waals surface area contributed by atoms with Crippen LogP contribution in [0.4, 0.5) is 0 Å². The smallest absolute Gasteiger partial charge is 0.242 e. The van der Waals surface area contributed by atoms with Gasteiger partial charge in [-0.2, -0.15) is 0 Å². The number of nitrogens with zero attached hydrogens (tertiary/aromatic N) is 2. The van der Waals surface area contributed by atoms with Gasteiger partial charge in [-0.25, -0.2) is 0 Å². The number of benzene rings is 1. The summed E-state index contributed by atoms with van der Waals surface area (Å²) in [5.74, 6) is 0.447. The normalized spacial score (nSPS) is 11.0. The van der Waals surface area contributed by atoms with Crippen LogP contribution in [0.3, 0.4) is 0 Å². The molecule has 2 aromatic rings. The summed E-state index contributed by atoms with van der Waals surface area (Å²) in [6.45, 7) is 8.30. The summed E-state index contributed by atoms with van der Waals surface area (Å²) in [4.78, 5) is 31.0. The van der Waals surface area contributed by atoms with Crippen LogP contribution in [0.1, 0.15) is 69.7 Å². The molecule has 0 aliphatic heterocycles. The molecule has 0 aliphatic carbocycles. The molecule has 31 heavy (non-hydrogen) atoms. The first kappa shape index (κ1) is 25.1. The van der Waals surface area contributed by atoms with Crippen LogP contribution in [-0.2, 0) is 22.7 Å². The first-order chi connectivity index (χ1) is 15.0. The minimum atomic E-state index is 0.0113. The van der Waals surface area contributed by atoms with E-state index in [2.05, 4.69) is 26.8 Å². The molecule has 0 radical (unpaired) electrons. The molecule has 4 nitrogen and oxygen atoms in total. The summed E-state index contributed by atoms with van der Waals surface area (Å²) in [5, 5.41) is 2.04. The lowest BCUT2D eigenvalue weighted by Gasteiger charge is -2.29. The van der Waals surface area contributed by atoms with Crippen LogP contribution in [0.15, 0.2) is 47.8 Å². The third-order valence-electron chi connectivity index (χ3n) is 5.25. The van der Waals surface area contributed by atoms with Crippen molar-refractivity contribution in [3.8, 4) is 0 Å². The average molecular weight is 443 g/mol. The van der Waals surface area contributed by atoms with E-state index < -0.39 is 0 Å². The predicted molar refractivity (Wildman–Crippen MR) is 130 cm³/mol. The van der Waals surface area contributed by atoms with Gasteiger partial charge in [0.05, 0.1) is 13.1 Å². The van der Waals surface area contributed by atoms with Gasteiger partial charge in [0, 0.05) is 24.4 Å². The molecule has 0 unspecified atom stereocenters. The predicted octanol–water partition coefficient (Wildman–Crippen LogP) is 6.12. The molecule has 0 bridgehead atoms. The zero-order chi connectivity index (χ0) is 22.5. The Morgan fingerprint density at radius 3 is 2.26 bits per heavy atom. The van der Waals surface area contributed by atoms with Gasteiger partial charge in [0.2, 0.25) is 11.8 Å². The summed E-state index contributed by atoms with van der Waals surface area (Å²) >= 11 is 1.66. The summed E-state index contributed by atoms with van der Waals surface area (Å²) in [7, 11) is 0. The van der Waals surface area contributed by atoms with Crippen molar-refractivity contribution in [2.45, 2.75) is 72.4 Å². The van der Waals surface area contributed by atoms with Crippen molar-refractivity contribution in [1.82, 2.24) is 9.80 Å². The number of carbonyl (C=O) groups excluding carboxylic acids is 2. The number of hydrogen-bond donors (Lipinski definition) is 0. The molecular formula is C26H38N2O2S. The molecule has 170 valence electrons. The highest BCUT2D eigenvalue weighted by Crippen LogP contribution is 2.16. The topological polar surface area (TPSA) is 40.6 Å². The summed E-state index contributed by atoms with van der Waals surface area (Å²) < 4.78 is 0. The van der Waals surface area contributed by atoms with E-state index >= 15 is 0 Å². The molecule has 0 saturated heterocycles. The fraction of sp³-hybridized carbons (Fsp3) is 0.538. The van der Waals surface area contributed by atoms with Crippen LogP contribution >= 0.6 is 11.3 Å². The maximum atomic E-state index is 13.3. The average Bonchev–Trinajstić information content (AvgIpc) is 3.26. The molecule has 0 aliphatic rings. The lowest BCUT2D eigenvalue weighted by Crippen LogP contribution is -2.43. The van der Waals surface area contributed by atoms with Crippen molar-refractivity contribution in [3.05, 3.63) is 58.3 Å². The minimum absolute atomic E-state index is 0.0113. The Balaban J connectivity index is 2.03. The summed E-state index contributed by atoms with van der Waals surface area (Å²) in [6, 6.07) is 14.1. The Hall–Kier alpha value is -2.14. The van der Waals surface area contributed by atoms with Crippen LogP contribution in [0.2, 0.25) is 0 Å². The van der Waals surface area contributed by atoms with E-state index in [0.717, 1.165) is 23.3 Å². The van der Waals surface area contributed by atoms with Gasteiger partial charge in [-0.05, 0) is 29.3 Å². The fourth-order valence-electron chi connectivity index (χ4n) is 3.62. The van der Waals surface area contributed by atoms with E-state index in [1.165, 1.54) is 19.3 Å². The molecule has 1 heterocycles. The van der Waals surface area contributed by atoms with E-state index in [1.54, 1.807) is 16.2 Å². The molecule has 2 rings (SSSR count). The summed E-state index contributed by atoms with van der Waals surface area (Å²) in [6.07, 6.45) is 6.13. The van der Waals surface area contributed by atoms with Gasteiger partial charge in [0.25, 0.3) is 0 Å². The van der Waals surface area contributed by atoms with Crippen molar-refractivity contribution in [2.24, 2.45) is 5.92 Å². The Labute approximate surface area is 192 Å². The number of hydrogen-bond acceptors (Lipinski definition) is 3. The van der Waals surface area contributed by atoms with Crippen molar-refractivity contribution >= 4 is 23.2 Å². The highest BCUT2D eigenvalue weighted by atomic mass is 32.1. The Morgan fingerprint density at radius 1 is 0.871 bits per heavy atom. The van der Waals surface area contributed by atoms with E-state index in [1.807, 2.05) is 46.7 Å². The number of unbranched alkanes of at least 4 members (excludes halogenated alkanes) is 4. The quantitative estimate of drug-likeness (QED) is 0.331. The highest BCUT2D eigenvalue weighted by Gasteiger charge is 2.22. The lowest BCUT2D eigenvalue weighted by atomic mass is 10.1. The van der Waals surface area contributed by atoms with Gasteiger partial charge in [0.15, 0.2) is 0 Å². The number of thiophene rings is 1. The second kappa shape index (κ2) is 14.0. The fourth-order valence-corrected chi connectivity index (χ4v) is 4.34. The van der Waals surface area contributed by atoms with Crippen LogP contribution < -0.4 is 0 Å². The molecule has 0 atom stereocenters. The molecule has 0 N–H and O–H groups in total. The van der Waals surface area contributed by atoms with Crippen molar-refractivity contribution in [2.75, 3.05) is 13.1 Å². The van der Waals surface area contributed by atoms with E-state index in [-0.39, 0.29) is 18.4 Å². The summed E-state index contributed by atoms with van der Waals surface area (Å²) in [5.41, 5.74) is 1.10. The zero-order valence-corrected chi connectivity index (χ0v) is 20.2. The Morgan fingerprint density at radius 2 is 1.61 bits per heavy atom. The first-order valence-electron chi connectivity index (χ1n) is 11.6. The van der Waals surface area contributed by atoms with Gasteiger partial charge in [-0.1, -0.05) is 82.9 Å². The van der Waals surface area contributed by atoms with Crippen molar-refractivity contribution in [3.63, 3.8) is 0 Å². The van der Waals surface area contributed by atoms with Gasteiger partial charge in [-0.3, -0.25) is 9.59 Å². The molecule has 1 aromatic carbocycles.